The van der Waals surface area contributed by atoms with Crippen molar-refractivity contribution >= 4 is 17.5 Å². The molecule has 0 spiro atoms. The van der Waals surface area contributed by atoms with Crippen molar-refractivity contribution in [2.75, 3.05) is 7.11 Å². The van der Waals surface area contributed by atoms with Gasteiger partial charge in [0.2, 0.25) is 0 Å². The molecule has 0 N–H and O–H groups in total. The largest absolute Gasteiger partial charge is 0.872 e. The molecule has 0 heterocycles. The summed E-state index contributed by atoms with van der Waals surface area (Å²) in [6, 6.07) is 10.0. The number of carbonyl (C=O) groups is 1. The topological polar surface area (TPSA) is 92.5 Å². The summed E-state index contributed by atoms with van der Waals surface area (Å²) >= 11 is 0. The Labute approximate surface area is 126 Å². The molecule has 0 saturated heterocycles. The van der Waals surface area contributed by atoms with Crippen LogP contribution in [0.1, 0.15) is 15.9 Å². The highest BCUT2D eigenvalue weighted by Crippen LogP contribution is 2.22. The van der Waals surface area contributed by atoms with Gasteiger partial charge in [-0.05, 0) is 23.8 Å². The van der Waals surface area contributed by atoms with E-state index in [4.69, 9.17) is 4.74 Å². The van der Waals surface area contributed by atoms with Gasteiger partial charge in [0.15, 0.2) is 5.78 Å². The van der Waals surface area contributed by atoms with Crippen LogP contribution in [0.5, 0.6) is 11.5 Å². The molecule has 2 aromatic rings. The first-order valence-corrected chi connectivity index (χ1v) is 6.33. The molecule has 2 aromatic carbocycles. The van der Waals surface area contributed by atoms with Gasteiger partial charge in [-0.25, -0.2) is 0 Å². The normalized spacial score (nSPS) is 10.6. The van der Waals surface area contributed by atoms with Gasteiger partial charge in [0.25, 0.3) is 5.69 Å². The van der Waals surface area contributed by atoms with Gasteiger partial charge in [-0.3, -0.25) is 14.9 Å². The van der Waals surface area contributed by atoms with Gasteiger partial charge in [0.05, 0.1) is 12.0 Å². The van der Waals surface area contributed by atoms with E-state index in [-0.39, 0.29) is 11.3 Å². The number of benzene rings is 2. The molecule has 6 heteroatoms. The fraction of sp³-hybridized carbons (Fsp3) is 0.0625. The van der Waals surface area contributed by atoms with Crippen molar-refractivity contribution in [2.45, 2.75) is 0 Å². The molecule has 0 fully saturated rings. The zero-order valence-electron chi connectivity index (χ0n) is 11.7. The third-order valence-electron chi connectivity index (χ3n) is 2.98. The molecule has 0 atom stereocenters. The summed E-state index contributed by atoms with van der Waals surface area (Å²) in [7, 11) is 1.55. The minimum atomic E-state index is -0.649. The third-order valence-corrected chi connectivity index (χ3v) is 2.98. The van der Waals surface area contributed by atoms with Crippen LogP contribution in [0.15, 0.2) is 48.5 Å². The van der Waals surface area contributed by atoms with Crippen molar-refractivity contribution in [3.63, 3.8) is 0 Å². The zero-order chi connectivity index (χ0) is 16.1. The highest BCUT2D eigenvalue weighted by Gasteiger charge is 2.10. The maximum Gasteiger partial charge on any atom is 0.270 e. The minimum Gasteiger partial charge on any atom is -0.872 e. The lowest BCUT2D eigenvalue weighted by Crippen LogP contribution is -2.03. The molecule has 6 nitrogen and oxygen atoms in total. The highest BCUT2D eigenvalue weighted by atomic mass is 16.6. The molecule has 0 amide bonds. The van der Waals surface area contributed by atoms with Crippen LogP contribution < -0.4 is 9.84 Å². The summed E-state index contributed by atoms with van der Waals surface area (Å²) in [6.45, 7) is 0. The standard InChI is InChI=1S/C16H13NO5/c1-22-13-6-2-11(3-7-13)4-8-15(18)14-10-12(17(20)21)5-9-16(14)19/h2-10,19H,1H3/p-1/b8-4+. The van der Waals surface area contributed by atoms with Crippen LogP contribution in [0.3, 0.4) is 0 Å². The van der Waals surface area contributed by atoms with Gasteiger partial charge in [-0.2, -0.15) is 0 Å². The number of nitrogens with zero attached hydrogens (tertiary/aromatic N) is 1. The highest BCUT2D eigenvalue weighted by molar-refractivity contribution is 6.08. The first-order chi connectivity index (χ1) is 10.5. The Hall–Kier alpha value is -3.15. The molecule has 0 aliphatic heterocycles. The summed E-state index contributed by atoms with van der Waals surface area (Å²) < 4.78 is 5.02. The molecule has 0 radical (unpaired) electrons. The SMILES string of the molecule is COc1ccc(/C=C/C(=O)c2cc([N+](=O)[O-])ccc2[O-])cc1. The van der Waals surface area contributed by atoms with E-state index in [9.17, 15) is 20.0 Å². The van der Waals surface area contributed by atoms with E-state index in [1.165, 1.54) is 12.2 Å². The first-order valence-electron chi connectivity index (χ1n) is 6.33. The average molecular weight is 298 g/mol. The van der Waals surface area contributed by atoms with E-state index in [0.717, 1.165) is 23.8 Å². The fourth-order valence-electron chi connectivity index (χ4n) is 1.80. The maximum atomic E-state index is 12.0. The third kappa shape index (κ3) is 3.49. The summed E-state index contributed by atoms with van der Waals surface area (Å²) in [6.07, 6.45) is 2.74. The molecule has 0 aromatic heterocycles. The second kappa shape index (κ2) is 6.53. The Morgan fingerprint density at radius 1 is 1.18 bits per heavy atom. The van der Waals surface area contributed by atoms with Crippen molar-refractivity contribution in [2.24, 2.45) is 0 Å². The number of nitro benzene ring substituents is 1. The molecule has 0 unspecified atom stereocenters. The monoisotopic (exact) mass is 298 g/mol. The number of ketones is 1. The number of non-ortho nitro benzene ring substituents is 1. The van der Waals surface area contributed by atoms with Gasteiger partial charge >= 0.3 is 0 Å². The summed E-state index contributed by atoms with van der Waals surface area (Å²) in [5.41, 5.74) is 0.229. The predicted octanol–water partition coefficient (Wildman–Crippen LogP) is 2.57. The number of nitro groups is 1. The minimum absolute atomic E-state index is 0.223. The number of hydrogen-bond acceptors (Lipinski definition) is 5. The number of ether oxygens (including phenoxy) is 1. The van der Waals surface area contributed by atoms with E-state index in [2.05, 4.69) is 0 Å². The summed E-state index contributed by atoms with van der Waals surface area (Å²) in [5, 5.41) is 22.3. The Morgan fingerprint density at radius 3 is 2.45 bits per heavy atom. The first kappa shape index (κ1) is 15.2. The van der Waals surface area contributed by atoms with Crippen LogP contribution in [0.25, 0.3) is 6.08 Å². The van der Waals surface area contributed by atoms with Crippen LogP contribution >= 0.6 is 0 Å². The Kier molecular flexibility index (Phi) is 4.53. The predicted molar refractivity (Wildman–Crippen MR) is 78.9 cm³/mol. The number of rotatable bonds is 5. The number of methoxy groups -OCH3 is 1. The lowest BCUT2D eigenvalue weighted by molar-refractivity contribution is -0.385. The lowest BCUT2D eigenvalue weighted by Gasteiger charge is -2.09. The van der Waals surface area contributed by atoms with Gasteiger partial charge in [0.1, 0.15) is 5.75 Å². The lowest BCUT2D eigenvalue weighted by atomic mass is 10.1. The summed E-state index contributed by atoms with van der Waals surface area (Å²) in [5.74, 6) is -0.441. The Balaban J connectivity index is 2.22. The molecular weight excluding hydrogens is 286 g/mol. The van der Waals surface area contributed by atoms with Crippen LogP contribution in [-0.4, -0.2) is 17.8 Å². The van der Waals surface area contributed by atoms with Crippen molar-refractivity contribution in [1.29, 1.82) is 0 Å². The maximum absolute atomic E-state index is 12.0. The quantitative estimate of drug-likeness (QED) is 0.366. The average Bonchev–Trinajstić information content (AvgIpc) is 2.53. The number of hydrogen-bond donors (Lipinski definition) is 0. The number of carbonyl (C=O) groups excluding carboxylic acids is 1. The van der Waals surface area contributed by atoms with Gasteiger partial charge in [0, 0.05) is 17.7 Å². The van der Waals surface area contributed by atoms with Crippen LogP contribution in [0.4, 0.5) is 5.69 Å². The molecule has 0 aliphatic rings. The van der Waals surface area contributed by atoms with Gasteiger partial charge in [-0.1, -0.05) is 30.0 Å². The van der Waals surface area contributed by atoms with Gasteiger partial charge < -0.3 is 9.84 Å². The Morgan fingerprint density at radius 2 is 1.86 bits per heavy atom. The molecule has 0 aliphatic carbocycles. The van der Waals surface area contributed by atoms with Crippen molar-refractivity contribution in [1.82, 2.24) is 0 Å². The molecule has 2 rings (SSSR count). The molecule has 0 bridgehead atoms. The van der Waals surface area contributed by atoms with Crippen LogP contribution in [-0.2, 0) is 0 Å². The van der Waals surface area contributed by atoms with E-state index in [1.54, 1.807) is 31.4 Å². The number of allylic oxidation sites excluding steroid dienone is 1. The van der Waals surface area contributed by atoms with E-state index >= 15 is 0 Å². The smallest absolute Gasteiger partial charge is 0.270 e. The second-order valence-electron chi connectivity index (χ2n) is 4.41. The molecular formula is C16H12NO5-. The molecule has 112 valence electrons. The van der Waals surface area contributed by atoms with Crippen molar-refractivity contribution in [3.8, 4) is 11.5 Å². The van der Waals surface area contributed by atoms with E-state index < -0.39 is 16.5 Å². The van der Waals surface area contributed by atoms with E-state index in [0.29, 0.717) is 5.75 Å². The van der Waals surface area contributed by atoms with Crippen molar-refractivity contribution < 1.29 is 19.6 Å². The fourth-order valence-corrected chi connectivity index (χ4v) is 1.80. The van der Waals surface area contributed by atoms with Crippen LogP contribution in [0.2, 0.25) is 0 Å². The molecule has 0 saturated carbocycles. The van der Waals surface area contributed by atoms with Gasteiger partial charge in [-0.15, -0.1) is 0 Å². The van der Waals surface area contributed by atoms with Crippen LogP contribution in [0, 0.1) is 10.1 Å². The van der Waals surface area contributed by atoms with E-state index in [1.807, 2.05) is 0 Å². The second-order valence-corrected chi connectivity index (χ2v) is 4.41. The summed E-state index contributed by atoms with van der Waals surface area (Å²) in [4.78, 5) is 22.0. The zero-order valence-corrected chi connectivity index (χ0v) is 11.7. The van der Waals surface area contributed by atoms with Crippen molar-refractivity contribution in [3.05, 3.63) is 69.8 Å². The molecule has 22 heavy (non-hydrogen) atoms. The Bertz CT molecular complexity index is 735.